The lowest BCUT2D eigenvalue weighted by Crippen LogP contribution is -2.41. The van der Waals surface area contributed by atoms with Gasteiger partial charge in [0.25, 0.3) is 6.85 Å². The van der Waals surface area contributed by atoms with Crippen LogP contribution in [0.25, 0.3) is 0 Å². The molecule has 0 N–H and O–H groups in total. The number of nitrogens with zero attached hydrogens (tertiary/aromatic N) is 2. The summed E-state index contributed by atoms with van der Waals surface area (Å²) in [5.41, 5.74) is 0. The van der Waals surface area contributed by atoms with E-state index in [9.17, 15) is 0 Å². The maximum Gasteiger partial charge on any atom is 0.289 e. The van der Waals surface area contributed by atoms with Gasteiger partial charge in [0.2, 0.25) is 0 Å². The zero-order chi connectivity index (χ0) is 9.38. The summed E-state index contributed by atoms with van der Waals surface area (Å²) in [7, 11) is 0. The zero-order valence-electron chi connectivity index (χ0n) is 8.60. The molecule has 2 bridgehead atoms. The monoisotopic (exact) mass is 188 g/mol. The molecule has 0 amide bonds. The van der Waals surface area contributed by atoms with Crippen LogP contribution in [0.3, 0.4) is 0 Å². The van der Waals surface area contributed by atoms with Crippen LogP contribution in [-0.2, 0) is 0 Å². The van der Waals surface area contributed by atoms with Crippen LogP contribution in [0.15, 0.2) is 18.5 Å². The number of rotatable bonds is 1. The molecule has 2 aliphatic heterocycles. The molecule has 0 spiro atoms. The van der Waals surface area contributed by atoms with Gasteiger partial charge in [-0.1, -0.05) is 38.5 Å². The fourth-order valence-corrected chi connectivity index (χ4v) is 3.53. The Bertz CT molecular complexity index is 274. The first-order valence-electron chi connectivity index (χ1n) is 5.94. The molecule has 3 heteroatoms. The Hall–Kier alpha value is -0.725. The molecule has 2 saturated heterocycles. The van der Waals surface area contributed by atoms with Gasteiger partial charge >= 0.3 is 0 Å². The number of hydrogen-bond donors (Lipinski definition) is 0. The van der Waals surface area contributed by atoms with E-state index in [0.717, 1.165) is 18.5 Å². The molecule has 0 aliphatic carbocycles. The van der Waals surface area contributed by atoms with Gasteiger partial charge in [-0.05, 0) is 17.7 Å². The normalized spacial score (nSPS) is 31.9. The number of aromatic nitrogens is 2. The first-order valence-corrected chi connectivity index (χ1v) is 5.94. The Labute approximate surface area is 85.8 Å². The minimum absolute atomic E-state index is 0.729. The SMILES string of the molecule is c1cnn(B2C3CCCC2CCC3)c1. The molecule has 2 aliphatic rings. The first kappa shape index (κ1) is 8.57. The van der Waals surface area contributed by atoms with E-state index in [1.54, 1.807) is 0 Å². The van der Waals surface area contributed by atoms with Crippen LogP contribution in [-0.4, -0.2) is 16.5 Å². The highest BCUT2D eigenvalue weighted by molar-refractivity contribution is 6.60. The predicted molar refractivity (Wildman–Crippen MR) is 58.6 cm³/mol. The van der Waals surface area contributed by atoms with E-state index in [-0.39, 0.29) is 0 Å². The van der Waals surface area contributed by atoms with Gasteiger partial charge in [0, 0.05) is 12.4 Å². The summed E-state index contributed by atoms with van der Waals surface area (Å²) in [6, 6.07) is 2.06. The van der Waals surface area contributed by atoms with Crippen LogP contribution < -0.4 is 0 Å². The Morgan fingerprint density at radius 2 is 1.71 bits per heavy atom. The van der Waals surface area contributed by atoms with Gasteiger partial charge in [-0.2, -0.15) is 5.10 Å². The van der Waals surface area contributed by atoms with Gasteiger partial charge in [-0.25, -0.2) is 0 Å². The van der Waals surface area contributed by atoms with Gasteiger partial charge < -0.3 is 4.59 Å². The molecular formula is C11H17BN2. The van der Waals surface area contributed by atoms with Crippen molar-refractivity contribution in [1.29, 1.82) is 0 Å². The summed E-state index contributed by atoms with van der Waals surface area (Å²) in [4.78, 5) is 0. The summed E-state index contributed by atoms with van der Waals surface area (Å²) < 4.78 is 2.23. The van der Waals surface area contributed by atoms with Gasteiger partial charge in [-0.3, -0.25) is 0 Å². The van der Waals surface area contributed by atoms with E-state index >= 15 is 0 Å². The smallest absolute Gasteiger partial charge is 0.289 e. The standard InChI is InChI=1S/C11H17BN2/c1-4-10-6-2-7-11(5-1)12(10)14-9-3-8-13-14/h3,8-11H,1-2,4-7H2. The van der Waals surface area contributed by atoms with E-state index < -0.39 is 0 Å². The summed E-state index contributed by atoms with van der Waals surface area (Å²) >= 11 is 0. The molecule has 3 rings (SSSR count). The maximum absolute atomic E-state index is 4.44. The third-order valence-corrected chi connectivity index (χ3v) is 4.10. The summed E-state index contributed by atoms with van der Waals surface area (Å²) in [5, 5.41) is 4.44. The minimum Gasteiger partial charge on any atom is -0.317 e. The summed E-state index contributed by atoms with van der Waals surface area (Å²) in [6.45, 7) is 0.729. The third kappa shape index (κ3) is 1.30. The van der Waals surface area contributed by atoms with Crippen molar-refractivity contribution in [3.8, 4) is 0 Å². The quantitative estimate of drug-likeness (QED) is 0.619. The van der Waals surface area contributed by atoms with Crippen molar-refractivity contribution in [1.82, 2.24) is 9.69 Å². The molecular weight excluding hydrogens is 171 g/mol. The Balaban J connectivity index is 1.90. The minimum atomic E-state index is 0.729. The van der Waals surface area contributed by atoms with Crippen molar-refractivity contribution in [3.05, 3.63) is 18.5 Å². The molecule has 3 heterocycles. The Kier molecular flexibility index (Phi) is 2.11. The molecule has 1 aromatic rings. The van der Waals surface area contributed by atoms with Crippen LogP contribution in [0.1, 0.15) is 38.5 Å². The van der Waals surface area contributed by atoms with Gasteiger partial charge in [0.15, 0.2) is 0 Å². The van der Waals surface area contributed by atoms with Crippen molar-refractivity contribution >= 4 is 6.85 Å². The molecule has 14 heavy (non-hydrogen) atoms. The predicted octanol–water partition coefficient (Wildman–Crippen LogP) is 2.83. The van der Waals surface area contributed by atoms with E-state index in [1.807, 2.05) is 6.20 Å². The lowest BCUT2D eigenvalue weighted by Gasteiger charge is -2.39. The average Bonchev–Trinajstić information content (AvgIpc) is 2.69. The third-order valence-electron chi connectivity index (χ3n) is 4.10. The first-order chi connectivity index (χ1) is 6.95. The van der Waals surface area contributed by atoms with Crippen LogP contribution in [0, 0.1) is 0 Å². The van der Waals surface area contributed by atoms with Crippen molar-refractivity contribution in [3.63, 3.8) is 0 Å². The molecule has 74 valence electrons. The van der Waals surface area contributed by atoms with E-state index in [0.29, 0.717) is 0 Å². The number of fused-ring (bicyclic) bond motifs is 2. The van der Waals surface area contributed by atoms with Crippen LogP contribution in [0.5, 0.6) is 0 Å². The van der Waals surface area contributed by atoms with E-state index in [1.165, 1.54) is 38.5 Å². The molecule has 0 radical (unpaired) electrons. The highest BCUT2D eigenvalue weighted by atomic mass is 15.2. The van der Waals surface area contributed by atoms with Crippen LogP contribution >= 0.6 is 0 Å². The van der Waals surface area contributed by atoms with E-state index in [2.05, 4.69) is 22.0 Å². The fraction of sp³-hybridized carbons (Fsp3) is 0.727. The molecule has 0 aromatic carbocycles. The van der Waals surface area contributed by atoms with Crippen molar-refractivity contribution < 1.29 is 0 Å². The van der Waals surface area contributed by atoms with Crippen LogP contribution in [0.4, 0.5) is 0 Å². The van der Waals surface area contributed by atoms with Crippen molar-refractivity contribution in [2.75, 3.05) is 0 Å². The van der Waals surface area contributed by atoms with Gasteiger partial charge in [0.05, 0.1) is 0 Å². The molecule has 2 nitrogen and oxygen atoms in total. The second-order valence-corrected chi connectivity index (χ2v) is 4.86. The lowest BCUT2D eigenvalue weighted by atomic mass is 9.35. The largest absolute Gasteiger partial charge is 0.317 e. The molecule has 0 unspecified atom stereocenters. The molecule has 1 aromatic heterocycles. The Morgan fingerprint density at radius 3 is 2.21 bits per heavy atom. The summed E-state index contributed by atoms with van der Waals surface area (Å²) in [5.74, 6) is 1.84. The van der Waals surface area contributed by atoms with Gasteiger partial charge in [0.1, 0.15) is 0 Å². The van der Waals surface area contributed by atoms with Crippen LogP contribution in [0.2, 0.25) is 11.6 Å². The maximum atomic E-state index is 4.44. The zero-order valence-corrected chi connectivity index (χ0v) is 8.60. The second-order valence-electron chi connectivity index (χ2n) is 4.86. The summed E-state index contributed by atoms with van der Waals surface area (Å²) in [6.07, 6.45) is 12.7. The second kappa shape index (κ2) is 3.45. The lowest BCUT2D eigenvalue weighted by molar-refractivity contribution is 0.433. The Morgan fingerprint density at radius 1 is 1.07 bits per heavy atom. The highest BCUT2D eigenvalue weighted by Crippen LogP contribution is 2.46. The fourth-order valence-electron chi connectivity index (χ4n) is 3.53. The van der Waals surface area contributed by atoms with E-state index in [4.69, 9.17) is 0 Å². The molecule has 2 fully saturated rings. The topological polar surface area (TPSA) is 17.8 Å². The highest BCUT2D eigenvalue weighted by Gasteiger charge is 2.41. The average molecular weight is 188 g/mol. The molecule has 0 atom stereocenters. The van der Waals surface area contributed by atoms with Crippen molar-refractivity contribution in [2.45, 2.75) is 50.2 Å². The number of hydrogen-bond acceptors (Lipinski definition) is 1. The van der Waals surface area contributed by atoms with Gasteiger partial charge in [-0.15, -0.1) is 0 Å². The van der Waals surface area contributed by atoms with Crippen molar-refractivity contribution in [2.24, 2.45) is 0 Å². The molecule has 0 saturated carbocycles.